The highest BCUT2D eigenvalue weighted by molar-refractivity contribution is 6.17. The van der Waals surface area contributed by atoms with Gasteiger partial charge in [-0.2, -0.15) is 0 Å². The van der Waals surface area contributed by atoms with E-state index in [-0.39, 0.29) is 0 Å². The van der Waals surface area contributed by atoms with Crippen LogP contribution >= 0.6 is 0 Å². The van der Waals surface area contributed by atoms with Crippen molar-refractivity contribution in [2.45, 2.75) is 0 Å². The summed E-state index contributed by atoms with van der Waals surface area (Å²) < 4.78 is 6.64. The van der Waals surface area contributed by atoms with Gasteiger partial charge in [-0.3, -0.25) is 0 Å². The van der Waals surface area contributed by atoms with E-state index in [0.29, 0.717) is 0 Å². The van der Waals surface area contributed by atoms with Crippen molar-refractivity contribution in [3.8, 4) is 44.5 Å². The van der Waals surface area contributed by atoms with Crippen molar-refractivity contribution in [3.05, 3.63) is 224 Å². The smallest absolute Gasteiger partial charge is 0.143 e. The van der Waals surface area contributed by atoms with Gasteiger partial charge in [0.1, 0.15) is 11.2 Å². The van der Waals surface area contributed by atoms with Crippen molar-refractivity contribution in [1.29, 1.82) is 0 Å². The van der Waals surface area contributed by atoms with Gasteiger partial charge in [-0.1, -0.05) is 188 Å². The average molecular weight is 740 g/mol. The molecule has 0 atom stereocenters. The topological polar surface area (TPSA) is 16.4 Å². The van der Waals surface area contributed by atoms with Gasteiger partial charge in [-0.25, -0.2) is 0 Å². The molecule has 0 unspecified atom stereocenters. The van der Waals surface area contributed by atoms with E-state index in [1.807, 2.05) is 6.07 Å². The third kappa shape index (κ3) is 5.74. The Morgan fingerprint density at radius 2 is 0.879 bits per heavy atom. The predicted molar refractivity (Wildman–Crippen MR) is 245 cm³/mol. The van der Waals surface area contributed by atoms with Gasteiger partial charge >= 0.3 is 0 Å². The highest BCUT2D eigenvalue weighted by Gasteiger charge is 2.22. The monoisotopic (exact) mass is 739 g/mol. The lowest BCUT2D eigenvalue weighted by Crippen LogP contribution is -2.12. The summed E-state index contributed by atoms with van der Waals surface area (Å²) >= 11 is 0. The average Bonchev–Trinajstić information content (AvgIpc) is 3.70. The van der Waals surface area contributed by atoms with Crippen molar-refractivity contribution in [3.63, 3.8) is 0 Å². The van der Waals surface area contributed by atoms with Gasteiger partial charge in [0.2, 0.25) is 0 Å². The quantitative estimate of drug-likeness (QED) is 0.151. The first-order valence-corrected chi connectivity index (χ1v) is 19.8. The van der Waals surface area contributed by atoms with Gasteiger partial charge in [0.25, 0.3) is 0 Å². The molecule has 2 heteroatoms. The highest BCUT2D eigenvalue weighted by atomic mass is 16.3. The maximum absolute atomic E-state index is 6.64. The zero-order valence-corrected chi connectivity index (χ0v) is 31.7. The Kier molecular flexibility index (Phi) is 8.19. The van der Waals surface area contributed by atoms with Crippen molar-refractivity contribution < 1.29 is 4.42 Å². The summed E-state index contributed by atoms with van der Waals surface area (Å²) in [4.78, 5) is 2.46. The molecule has 0 spiro atoms. The molecule has 11 aromatic rings. The molecular weight excluding hydrogens is 703 g/mol. The van der Waals surface area contributed by atoms with Crippen LogP contribution in [-0.4, -0.2) is 0 Å². The summed E-state index contributed by atoms with van der Waals surface area (Å²) in [5.74, 6) is 0. The molecule has 0 saturated carbocycles. The standard InChI is InChI=1S/C56H37NO/c1-4-15-38(16-5-1)43-30-33-46(39-17-6-2-7-18-39)53(37-43)57(52-25-14-24-49-45-22-11-10-21-41(45)29-34-50(49)52)44-31-27-42(28-32-44)47-35-36-48(40-19-8-3-9-20-40)56-55(47)51-23-12-13-26-54(51)58-56/h1-37H. The molecule has 2 nitrogen and oxygen atoms in total. The molecule has 58 heavy (non-hydrogen) atoms. The van der Waals surface area contributed by atoms with Gasteiger partial charge in [0, 0.05) is 33.0 Å². The molecule has 0 aliphatic rings. The van der Waals surface area contributed by atoms with E-state index >= 15 is 0 Å². The first-order chi connectivity index (χ1) is 28.8. The van der Waals surface area contributed by atoms with Crippen LogP contribution < -0.4 is 4.90 Å². The fraction of sp³-hybridized carbons (Fsp3) is 0. The van der Waals surface area contributed by atoms with Gasteiger partial charge in [-0.05, 0) is 85.9 Å². The normalized spacial score (nSPS) is 11.4. The van der Waals surface area contributed by atoms with E-state index in [9.17, 15) is 0 Å². The Labute approximate surface area is 337 Å². The highest BCUT2D eigenvalue weighted by Crippen LogP contribution is 2.47. The molecule has 0 aliphatic carbocycles. The minimum atomic E-state index is 0.889. The molecule has 0 N–H and O–H groups in total. The zero-order chi connectivity index (χ0) is 38.4. The number of benzene rings is 10. The number of nitrogens with zero attached hydrogens (tertiary/aromatic N) is 1. The van der Waals surface area contributed by atoms with Gasteiger partial charge in [0.15, 0.2) is 0 Å². The maximum Gasteiger partial charge on any atom is 0.143 e. The lowest BCUT2D eigenvalue weighted by Gasteiger charge is -2.30. The van der Waals surface area contributed by atoms with E-state index in [4.69, 9.17) is 4.42 Å². The Bertz CT molecular complexity index is 3260. The summed E-state index contributed by atoms with van der Waals surface area (Å²) in [6.07, 6.45) is 0. The number of furan rings is 1. The molecule has 0 aliphatic heterocycles. The van der Waals surface area contributed by atoms with Crippen LogP contribution in [0.3, 0.4) is 0 Å². The molecule has 272 valence electrons. The molecule has 1 heterocycles. The molecule has 1 aromatic heterocycles. The number of para-hydroxylation sites is 1. The summed E-state index contributed by atoms with van der Waals surface area (Å²) in [7, 11) is 0. The summed E-state index contributed by atoms with van der Waals surface area (Å²) in [6.45, 7) is 0. The molecule has 0 bridgehead atoms. The van der Waals surface area contributed by atoms with Crippen LogP contribution in [0, 0.1) is 0 Å². The Hall–Kier alpha value is -7.68. The Morgan fingerprint density at radius 1 is 0.310 bits per heavy atom. The summed E-state index contributed by atoms with van der Waals surface area (Å²) in [5.41, 5.74) is 14.3. The Morgan fingerprint density at radius 3 is 1.64 bits per heavy atom. The zero-order valence-electron chi connectivity index (χ0n) is 31.7. The molecule has 0 amide bonds. The molecule has 0 saturated heterocycles. The Balaban J connectivity index is 1.14. The minimum absolute atomic E-state index is 0.889. The van der Waals surface area contributed by atoms with E-state index in [1.165, 1.54) is 27.1 Å². The fourth-order valence-corrected chi connectivity index (χ4v) is 8.72. The van der Waals surface area contributed by atoms with Crippen LogP contribution in [0.1, 0.15) is 0 Å². The molecule has 10 aromatic carbocycles. The molecular formula is C56H37NO. The lowest BCUT2D eigenvalue weighted by atomic mass is 9.94. The van der Waals surface area contributed by atoms with Gasteiger partial charge < -0.3 is 9.32 Å². The number of hydrogen-bond acceptors (Lipinski definition) is 2. The second-order valence-corrected chi connectivity index (χ2v) is 14.8. The van der Waals surface area contributed by atoms with E-state index in [0.717, 1.165) is 77.9 Å². The lowest BCUT2D eigenvalue weighted by molar-refractivity contribution is 0.670. The van der Waals surface area contributed by atoms with Crippen molar-refractivity contribution >= 4 is 60.5 Å². The predicted octanol–water partition coefficient (Wildman–Crippen LogP) is 16.0. The summed E-state index contributed by atoms with van der Waals surface area (Å²) in [5, 5.41) is 7.14. The number of rotatable bonds is 7. The summed E-state index contributed by atoms with van der Waals surface area (Å²) in [6, 6.07) is 80.7. The molecule has 11 rings (SSSR count). The SMILES string of the molecule is c1ccc(-c2ccc(-c3ccccc3)c(N(c3ccc(-c4ccc(-c5ccccc5)c5oc6ccccc6c45)cc3)c3cccc4c3ccc3ccccc34)c2)cc1. The maximum atomic E-state index is 6.64. The number of anilines is 3. The third-order valence-electron chi connectivity index (χ3n) is 11.5. The van der Waals surface area contributed by atoms with Crippen molar-refractivity contribution in [2.75, 3.05) is 4.90 Å². The number of fused-ring (bicyclic) bond motifs is 6. The van der Waals surface area contributed by atoms with E-state index in [1.54, 1.807) is 0 Å². The van der Waals surface area contributed by atoms with Gasteiger partial charge in [-0.15, -0.1) is 0 Å². The van der Waals surface area contributed by atoms with E-state index < -0.39 is 0 Å². The van der Waals surface area contributed by atoms with Crippen LogP contribution in [0.25, 0.3) is 88.0 Å². The minimum Gasteiger partial charge on any atom is -0.455 e. The molecule has 0 fully saturated rings. The third-order valence-corrected chi connectivity index (χ3v) is 11.5. The second-order valence-electron chi connectivity index (χ2n) is 14.8. The van der Waals surface area contributed by atoms with E-state index in [2.05, 4.69) is 223 Å². The van der Waals surface area contributed by atoms with Gasteiger partial charge in [0.05, 0.1) is 11.4 Å². The number of hydrogen-bond donors (Lipinski definition) is 0. The van der Waals surface area contributed by atoms with Crippen molar-refractivity contribution in [1.82, 2.24) is 0 Å². The van der Waals surface area contributed by atoms with Crippen LogP contribution in [0.2, 0.25) is 0 Å². The fourth-order valence-electron chi connectivity index (χ4n) is 8.72. The van der Waals surface area contributed by atoms with Crippen LogP contribution in [-0.2, 0) is 0 Å². The first-order valence-electron chi connectivity index (χ1n) is 19.8. The van der Waals surface area contributed by atoms with Crippen molar-refractivity contribution in [2.24, 2.45) is 0 Å². The van der Waals surface area contributed by atoms with Crippen LogP contribution in [0.5, 0.6) is 0 Å². The largest absolute Gasteiger partial charge is 0.455 e. The van der Waals surface area contributed by atoms with Crippen LogP contribution in [0.4, 0.5) is 17.1 Å². The molecule has 0 radical (unpaired) electrons. The van der Waals surface area contributed by atoms with Crippen LogP contribution in [0.15, 0.2) is 229 Å². The first kappa shape index (κ1) is 33.6. The second kappa shape index (κ2) is 14.1.